The molecule has 1 aliphatic rings. The van der Waals surface area contributed by atoms with Gasteiger partial charge in [0.25, 0.3) is 0 Å². The average molecular weight is 209 g/mol. The average Bonchev–Trinajstić information content (AvgIpc) is 2.66. The van der Waals surface area contributed by atoms with E-state index in [0.717, 1.165) is 17.5 Å². The maximum absolute atomic E-state index is 11.4. The highest BCUT2D eigenvalue weighted by molar-refractivity contribution is 6.02. The van der Waals surface area contributed by atoms with Crippen LogP contribution in [0.1, 0.15) is 21.5 Å². The van der Waals surface area contributed by atoms with Gasteiger partial charge in [0.05, 0.1) is 0 Å². The molecule has 2 nitrogen and oxygen atoms in total. The fourth-order valence-corrected chi connectivity index (χ4v) is 2.39. The Morgan fingerprint density at radius 2 is 1.75 bits per heavy atom. The van der Waals surface area contributed by atoms with Gasteiger partial charge in [-0.05, 0) is 34.7 Å². The van der Waals surface area contributed by atoms with E-state index < -0.39 is 0 Å². The van der Waals surface area contributed by atoms with Crippen molar-refractivity contribution < 1.29 is 4.79 Å². The molecule has 3 rings (SSSR count). The normalized spacial score (nSPS) is 12.0. The summed E-state index contributed by atoms with van der Waals surface area (Å²) in [6, 6.07) is 13.9. The van der Waals surface area contributed by atoms with Crippen LogP contribution in [0.25, 0.3) is 11.1 Å². The van der Waals surface area contributed by atoms with Crippen LogP contribution < -0.4 is 5.73 Å². The summed E-state index contributed by atoms with van der Waals surface area (Å²) in [5.41, 5.74) is 10.7. The van der Waals surface area contributed by atoms with Gasteiger partial charge in [-0.2, -0.15) is 0 Å². The summed E-state index contributed by atoms with van der Waals surface area (Å²) < 4.78 is 0. The highest BCUT2D eigenvalue weighted by Gasteiger charge is 2.22. The van der Waals surface area contributed by atoms with E-state index >= 15 is 0 Å². The number of primary amides is 1. The van der Waals surface area contributed by atoms with E-state index in [2.05, 4.69) is 12.1 Å². The van der Waals surface area contributed by atoms with Gasteiger partial charge >= 0.3 is 0 Å². The van der Waals surface area contributed by atoms with E-state index in [1.54, 1.807) is 6.07 Å². The first-order valence-electron chi connectivity index (χ1n) is 5.27. The summed E-state index contributed by atoms with van der Waals surface area (Å²) in [6.45, 7) is 0. The highest BCUT2D eigenvalue weighted by atomic mass is 16.1. The molecule has 1 aliphatic carbocycles. The molecule has 0 heterocycles. The molecule has 2 aromatic carbocycles. The molecule has 0 fully saturated rings. The van der Waals surface area contributed by atoms with Crippen LogP contribution in [0.5, 0.6) is 0 Å². The monoisotopic (exact) mass is 209 g/mol. The molecule has 0 saturated carbocycles. The van der Waals surface area contributed by atoms with Crippen LogP contribution in [-0.2, 0) is 6.42 Å². The lowest BCUT2D eigenvalue weighted by atomic mass is 9.99. The fourth-order valence-electron chi connectivity index (χ4n) is 2.39. The Balaban J connectivity index is 2.33. The molecule has 78 valence electrons. The zero-order chi connectivity index (χ0) is 11.1. The number of nitrogens with two attached hydrogens (primary N) is 1. The van der Waals surface area contributed by atoms with Gasteiger partial charge in [-0.15, -0.1) is 0 Å². The summed E-state index contributed by atoms with van der Waals surface area (Å²) in [7, 11) is 0. The number of hydrogen-bond acceptors (Lipinski definition) is 1. The molecule has 0 saturated heterocycles. The minimum Gasteiger partial charge on any atom is -0.366 e. The van der Waals surface area contributed by atoms with Crippen LogP contribution in [0.2, 0.25) is 0 Å². The van der Waals surface area contributed by atoms with Crippen LogP contribution in [0.3, 0.4) is 0 Å². The summed E-state index contributed by atoms with van der Waals surface area (Å²) in [6.07, 6.45) is 0.895. The number of benzene rings is 2. The molecule has 0 spiro atoms. The van der Waals surface area contributed by atoms with Crippen molar-refractivity contribution in [2.75, 3.05) is 0 Å². The predicted octanol–water partition coefficient (Wildman–Crippen LogP) is 2.36. The SMILES string of the molecule is NC(=O)c1cccc2c1-c1ccccc1C2. The Morgan fingerprint density at radius 3 is 2.56 bits per heavy atom. The molecule has 0 unspecified atom stereocenters. The smallest absolute Gasteiger partial charge is 0.249 e. The third-order valence-corrected chi connectivity index (χ3v) is 3.08. The van der Waals surface area contributed by atoms with Crippen molar-refractivity contribution >= 4 is 5.91 Å². The van der Waals surface area contributed by atoms with Crippen molar-refractivity contribution in [3.05, 3.63) is 59.2 Å². The van der Waals surface area contributed by atoms with Gasteiger partial charge < -0.3 is 5.73 Å². The molecular formula is C14H11NO. The molecule has 0 bridgehead atoms. The third kappa shape index (κ3) is 1.16. The maximum atomic E-state index is 11.4. The van der Waals surface area contributed by atoms with Crippen LogP contribution in [0.15, 0.2) is 42.5 Å². The van der Waals surface area contributed by atoms with Gasteiger partial charge in [-0.3, -0.25) is 4.79 Å². The van der Waals surface area contributed by atoms with Gasteiger partial charge in [0.1, 0.15) is 0 Å². The number of amides is 1. The molecule has 0 atom stereocenters. The highest BCUT2D eigenvalue weighted by Crippen LogP contribution is 2.38. The number of carbonyl (C=O) groups is 1. The quantitative estimate of drug-likeness (QED) is 0.656. The van der Waals surface area contributed by atoms with Crippen molar-refractivity contribution in [2.45, 2.75) is 6.42 Å². The number of hydrogen-bond donors (Lipinski definition) is 1. The Bertz CT molecular complexity index is 587. The Morgan fingerprint density at radius 1 is 1.00 bits per heavy atom. The lowest BCUT2D eigenvalue weighted by Gasteiger charge is -2.05. The summed E-state index contributed by atoms with van der Waals surface area (Å²) >= 11 is 0. The van der Waals surface area contributed by atoms with E-state index in [-0.39, 0.29) is 5.91 Å². The molecule has 0 aromatic heterocycles. The first kappa shape index (κ1) is 9.16. The number of carbonyl (C=O) groups excluding carboxylic acids is 1. The van der Waals surface area contributed by atoms with Crippen LogP contribution in [0.4, 0.5) is 0 Å². The van der Waals surface area contributed by atoms with Crippen LogP contribution >= 0.6 is 0 Å². The maximum Gasteiger partial charge on any atom is 0.249 e. The topological polar surface area (TPSA) is 43.1 Å². The first-order valence-corrected chi connectivity index (χ1v) is 5.27. The minimum atomic E-state index is -0.353. The van der Waals surface area contributed by atoms with Crippen molar-refractivity contribution in [1.29, 1.82) is 0 Å². The van der Waals surface area contributed by atoms with E-state index in [0.29, 0.717) is 5.56 Å². The van der Waals surface area contributed by atoms with E-state index in [1.807, 2.05) is 24.3 Å². The largest absolute Gasteiger partial charge is 0.366 e. The van der Waals surface area contributed by atoms with Gasteiger partial charge in [0.2, 0.25) is 5.91 Å². The second-order valence-electron chi connectivity index (χ2n) is 4.04. The van der Waals surface area contributed by atoms with Crippen molar-refractivity contribution in [2.24, 2.45) is 5.73 Å². The molecular weight excluding hydrogens is 198 g/mol. The number of rotatable bonds is 1. The molecule has 0 radical (unpaired) electrons. The predicted molar refractivity (Wildman–Crippen MR) is 63.2 cm³/mol. The van der Waals surface area contributed by atoms with Crippen molar-refractivity contribution in [1.82, 2.24) is 0 Å². The Labute approximate surface area is 93.7 Å². The summed E-state index contributed by atoms with van der Waals surface area (Å²) in [5.74, 6) is -0.353. The van der Waals surface area contributed by atoms with E-state index in [1.165, 1.54) is 11.1 Å². The zero-order valence-corrected chi connectivity index (χ0v) is 8.73. The zero-order valence-electron chi connectivity index (χ0n) is 8.73. The van der Waals surface area contributed by atoms with Crippen molar-refractivity contribution in [3.8, 4) is 11.1 Å². The third-order valence-electron chi connectivity index (χ3n) is 3.08. The minimum absolute atomic E-state index is 0.353. The van der Waals surface area contributed by atoms with Gasteiger partial charge in [-0.25, -0.2) is 0 Å². The molecule has 0 aliphatic heterocycles. The summed E-state index contributed by atoms with van der Waals surface area (Å²) in [5, 5.41) is 0. The Hall–Kier alpha value is -2.09. The van der Waals surface area contributed by atoms with Crippen molar-refractivity contribution in [3.63, 3.8) is 0 Å². The molecule has 2 N–H and O–H groups in total. The van der Waals surface area contributed by atoms with Gasteiger partial charge in [0.15, 0.2) is 0 Å². The second-order valence-corrected chi connectivity index (χ2v) is 4.04. The van der Waals surface area contributed by atoms with E-state index in [9.17, 15) is 4.79 Å². The van der Waals surface area contributed by atoms with Gasteiger partial charge in [-0.1, -0.05) is 36.4 Å². The second kappa shape index (κ2) is 3.20. The van der Waals surface area contributed by atoms with Gasteiger partial charge in [0, 0.05) is 5.56 Å². The fraction of sp³-hybridized carbons (Fsp3) is 0.0714. The molecule has 2 aromatic rings. The van der Waals surface area contributed by atoms with Crippen LogP contribution in [0, 0.1) is 0 Å². The lowest BCUT2D eigenvalue weighted by molar-refractivity contribution is 0.100. The van der Waals surface area contributed by atoms with E-state index in [4.69, 9.17) is 5.73 Å². The van der Waals surface area contributed by atoms with Crippen LogP contribution in [-0.4, -0.2) is 5.91 Å². The number of fused-ring (bicyclic) bond motifs is 3. The first-order chi connectivity index (χ1) is 7.77. The molecule has 1 amide bonds. The summed E-state index contributed by atoms with van der Waals surface area (Å²) in [4.78, 5) is 11.4. The Kier molecular flexibility index (Phi) is 1.83. The lowest BCUT2D eigenvalue weighted by Crippen LogP contribution is -2.12. The molecule has 2 heteroatoms. The standard InChI is InChI=1S/C14H11NO/c15-14(16)12-7-3-5-10-8-9-4-1-2-6-11(9)13(10)12/h1-7H,8H2,(H2,15,16). The molecule has 16 heavy (non-hydrogen) atoms.